The lowest BCUT2D eigenvalue weighted by molar-refractivity contribution is 0.627. The summed E-state index contributed by atoms with van der Waals surface area (Å²) in [7, 11) is 0. The van der Waals surface area contributed by atoms with E-state index in [1.165, 1.54) is 12.1 Å². The van der Waals surface area contributed by atoms with Gasteiger partial charge in [0.2, 0.25) is 0 Å². The maximum Gasteiger partial charge on any atom is 0.124 e. The van der Waals surface area contributed by atoms with Gasteiger partial charge in [-0.25, -0.2) is 4.39 Å². The monoisotopic (exact) mass is 275 g/mol. The van der Waals surface area contributed by atoms with Crippen LogP contribution >= 0.6 is 12.2 Å². The minimum atomic E-state index is -0.359. The summed E-state index contributed by atoms with van der Waals surface area (Å²) in [4.78, 5) is 4.55. The highest BCUT2D eigenvalue weighted by molar-refractivity contribution is 7.80. The van der Waals surface area contributed by atoms with E-state index in [0.717, 1.165) is 11.4 Å². The van der Waals surface area contributed by atoms with E-state index in [2.05, 4.69) is 10.3 Å². The van der Waals surface area contributed by atoms with Gasteiger partial charge >= 0.3 is 0 Å². The zero-order chi connectivity index (χ0) is 13.8. The first-order valence-electron chi connectivity index (χ1n) is 5.82. The molecule has 1 aromatic carbocycles. The van der Waals surface area contributed by atoms with Crippen LogP contribution in [0.5, 0.6) is 0 Å². The number of thiocarbonyl (C=S) groups is 1. The molecule has 2 aromatic rings. The molecular formula is C14H14FN3S. The van der Waals surface area contributed by atoms with Crippen molar-refractivity contribution in [3.8, 4) is 0 Å². The standard InChI is InChI=1S/C14H14FN3S/c1-9-3-2-4-11(18-9)8-17-13-6-5-10(15)7-12(13)14(16)19/h2-7,17H,8H2,1H3,(H2,16,19). The Balaban J connectivity index is 2.17. The minimum absolute atomic E-state index is 0.166. The summed E-state index contributed by atoms with van der Waals surface area (Å²) >= 11 is 4.92. The van der Waals surface area contributed by atoms with Gasteiger partial charge in [-0.15, -0.1) is 0 Å². The van der Waals surface area contributed by atoms with E-state index >= 15 is 0 Å². The third-order valence-corrected chi connectivity index (χ3v) is 2.87. The fraction of sp³-hybridized carbons (Fsp3) is 0.143. The van der Waals surface area contributed by atoms with Gasteiger partial charge < -0.3 is 11.1 Å². The smallest absolute Gasteiger partial charge is 0.124 e. The molecule has 2 rings (SSSR count). The number of nitrogens with one attached hydrogen (secondary N) is 1. The van der Waals surface area contributed by atoms with Gasteiger partial charge in [-0.2, -0.15) is 0 Å². The van der Waals surface area contributed by atoms with Crippen molar-refractivity contribution < 1.29 is 4.39 Å². The molecule has 19 heavy (non-hydrogen) atoms. The molecule has 0 fully saturated rings. The predicted octanol–water partition coefficient (Wildman–Crippen LogP) is 2.78. The molecule has 0 atom stereocenters. The van der Waals surface area contributed by atoms with E-state index in [1.807, 2.05) is 25.1 Å². The van der Waals surface area contributed by atoms with Crippen molar-refractivity contribution in [3.05, 3.63) is 59.2 Å². The van der Waals surface area contributed by atoms with E-state index in [1.54, 1.807) is 6.07 Å². The fourth-order valence-corrected chi connectivity index (χ4v) is 1.93. The lowest BCUT2D eigenvalue weighted by atomic mass is 10.1. The van der Waals surface area contributed by atoms with E-state index < -0.39 is 0 Å². The molecule has 3 N–H and O–H groups in total. The Hall–Kier alpha value is -2.01. The minimum Gasteiger partial charge on any atom is -0.389 e. The lowest BCUT2D eigenvalue weighted by Gasteiger charge is -2.11. The molecule has 5 heteroatoms. The number of hydrogen-bond acceptors (Lipinski definition) is 3. The number of aryl methyl sites for hydroxylation is 1. The summed E-state index contributed by atoms with van der Waals surface area (Å²) in [5.74, 6) is -0.359. The van der Waals surface area contributed by atoms with E-state index in [-0.39, 0.29) is 10.8 Å². The molecule has 1 aromatic heterocycles. The number of anilines is 1. The number of nitrogens with zero attached hydrogens (tertiary/aromatic N) is 1. The molecule has 0 aliphatic heterocycles. The summed E-state index contributed by atoms with van der Waals surface area (Å²) in [6.45, 7) is 2.46. The maximum absolute atomic E-state index is 13.2. The molecule has 0 radical (unpaired) electrons. The SMILES string of the molecule is Cc1cccc(CNc2ccc(F)cc2C(N)=S)n1. The molecule has 0 spiro atoms. The predicted molar refractivity (Wildman–Crippen MR) is 78.6 cm³/mol. The topological polar surface area (TPSA) is 50.9 Å². The summed E-state index contributed by atoms with van der Waals surface area (Å²) in [5, 5.41) is 3.17. The van der Waals surface area contributed by atoms with Crippen molar-refractivity contribution >= 4 is 22.9 Å². The van der Waals surface area contributed by atoms with Gasteiger partial charge in [-0.05, 0) is 37.3 Å². The average molecular weight is 275 g/mol. The van der Waals surface area contributed by atoms with Gasteiger partial charge in [0.25, 0.3) is 0 Å². The van der Waals surface area contributed by atoms with Gasteiger partial charge in [-0.1, -0.05) is 18.3 Å². The van der Waals surface area contributed by atoms with Crippen molar-refractivity contribution in [2.24, 2.45) is 5.73 Å². The number of benzene rings is 1. The van der Waals surface area contributed by atoms with Crippen LogP contribution in [0.25, 0.3) is 0 Å². The third kappa shape index (κ3) is 3.48. The Morgan fingerprint density at radius 2 is 2.16 bits per heavy atom. The van der Waals surface area contributed by atoms with E-state index in [0.29, 0.717) is 17.8 Å². The van der Waals surface area contributed by atoms with Crippen molar-refractivity contribution in [2.75, 3.05) is 5.32 Å². The Morgan fingerprint density at radius 3 is 2.84 bits per heavy atom. The highest BCUT2D eigenvalue weighted by Crippen LogP contribution is 2.17. The van der Waals surface area contributed by atoms with Gasteiger partial charge in [0.05, 0.1) is 12.2 Å². The molecule has 0 unspecified atom stereocenters. The van der Waals surface area contributed by atoms with Crippen LogP contribution in [0.4, 0.5) is 10.1 Å². The number of rotatable bonds is 4. The number of pyridine rings is 1. The molecule has 0 amide bonds. The van der Waals surface area contributed by atoms with E-state index in [9.17, 15) is 4.39 Å². The Labute approximate surface area is 116 Å². The van der Waals surface area contributed by atoms with Crippen molar-refractivity contribution in [1.82, 2.24) is 4.98 Å². The molecule has 1 heterocycles. The molecule has 0 bridgehead atoms. The molecule has 0 saturated heterocycles. The quantitative estimate of drug-likeness (QED) is 0.842. The Bertz CT molecular complexity index is 613. The van der Waals surface area contributed by atoms with Crippen LogP contribution in [0.2, 0.25) is 0 Å². The first kappa shape index (κ1) is 13.4. The van der Waals surface area contributed by atoms with Crippen LogP contribution in [-0.2, 0) is 6.54 Å². The summed E-state index contributed by atoms with van der Waals surface area (Å²) in [5.41, 5.74) is 8.65. The Kier molecular flexibility index (Phi) is 4.06. The summed E-state index contributed by atoms with van der Waals surface area (Å²) < 4.78 is 13.2. The van der Waals surface area contributed by atoms with Gasteiger partial charge in [0.1, 0.15) is 10.8 Å². The van der Waals surface area contributed by atoms with Crippen LogP contribution < -0.4 is 11.1 Å². The molecular weight excluding hydrogens is 261 g/mol. The second kappa shape index (κ2) is 5.75. The zero-order valence-electron chi connectivity index (χ0n) is 10.5. The second-order valence-corrected chi connectivity index (χ2v) is 4.62. The number of halogens is 1. The molecule has 3 nitrogen and oxygen atoms in total. The fourth-order valence-electron chi connectivity index (χ4n) is 1.76. The normalized spacial score (nSPS) is 10.2. The molecule has 0 aliphatic rings. The zero-order valence-corrected chi connectivity index (χ0v) is 11.3. The second-order valence-electron chi connectivity index (χ2n) is 4.18. The first-order chi connectivity index (χ1) is 9.06. The number of nitrogens with two attached hydrogens (primary N) is 1. The Morgan fingerprint density at radius 1 is 1.37 bits per heavy atom. The lowest BCUT2D eigenvalue weighted by Crippen LogP contribution is -2.14. The molecule has 0 aliphatic carbocycles. The van der Waals surface area contributed by atoms with E-state index in [4.69, 9.17) is 18.0 Å². The summed E-state index contributed by atoms with van der Waals surface area (Å²) in [6.07, 6.45) is 0. The number of aromatic nitrogens is 1. The van der Waals surface area contributed by atoms with Crippen LogP contribution in [0.1, 0.15) is 17.0 Å². The average Bonchev–Trinajstić information content (AvgIpc) is 2.37. The maximum atomic E-state index is 13.2. The largest absolute Gasteiger partial charge is 0.389 e. The van der Waals surface area contributed by atoms with Crippen LogP contribution in [0.15, 0.2) is 36.4 Å². The van der Waals surface area contributed by atoms with Crippen molar-refractivity contribution in [2.45, 2.75) is 13.5 Å². The summed E-state index contributed by atoms with van der Waals surface area (Å²) in [6, 6.07) is 10.1. The first-order valence-corrected chi connectivity index (χ1v) is 6.23. The number of hydrogen-bond donors (Lipinski definition) is 2. The molecule has 98 valence electrons. The van der Waals surface area contributed by atoms with Crippen LogP contribution in [0.3, 0.4) is 0 Å². The van der Waals surface area contributed by atoms with Crippen molar-refractivity contribution in [3.63, 3.8) is 0 Å². The highest BCUT2D eigenvalue weighted by Gasteiger charge is 2.07. The van der Waals surface area contributed by atoms with Crippen molar-refractivity contribution in [1.29, 1.82) is 0 Å². The van der Waals surface area contributed by atoms with Gasteiger partial charge in [-0.3, -0.25) is 4.98 Å². The van der Waals surface area contributed by atoms with Crippen LogP contribution in [-0.4, -0.2) is 9.97 Å². The highest BCUT2D eigenvalue weighted by atomic mass is 32.1. The van der Waals surface area contributed by atoms with Gasteiger partial charge in [0.15, 0.2) is 0 Å². The van der Waals surface area contributed by atoms with Crippen LogP contribution in [0, 0.1) is 12.7 Å². The molecule has 0 saturated carbocycles. The van der Waals surface area contributed by atoms with Gasteiger partial charge in [0, 0.05) is 16.9 Å². The third-order valence-electron chi connectivity index (χ3n) is 2.65.